The van der Waals surface area contributed by atoms with Gasteiger partial charge in [-0.1, -0.05) is 36.6 Å². The van der Waals surface area contributed by atoms with Gasteiger partial charge in [0, 0.05) is 5.39 Å². The van der Waals surface area contributed by atoms with Crippen LogP contribution in [0.15, 0.2) is 28.7 Å². The van der Waals surface area contributed by atoms with Crippen LogP contribution in [0.4, 0.5) is 0 Å². The maximum Gasteiger partial charge on any atom is 0.152 e. The molecule has 1 unspecified atom stereocenters. The molecule has 3 rings (SSSR count). The second-order valence-electron chi connectivity index (χ2n) is 5.02. The van der Waals surface area contributed by atoms with Gasteiger partial charge in [-0.25, -0.2) is 0 Å². The standard InChI is InChI=1S/C14H15ClO3/c15-10-5-3-4-9-8-11(18-12(9)10)13(16)14(17)6-1-2-7-14/h3-5,8,13,16-17H,1-2,6-7H2. The molecule has 0 bridgehead atoms. The average Bonchev–Trinajstić information content (AvgIpc) is 2.96. The van der Waals surface area contributed by atoms with Crippen LogP contribution in [0.3, 0.4) is 0 Å². The van der Waals surface area contributed by atoms with E-state index in [1.807, 2.05) is 12.1 Å². The average molecular weight is 267 g/mol. The van der Waals surface area contributed by atoms with E-state index in [-0.39, 0.29) is 0 Å². The second-order valence-corrected chi connectivity index (χ2v) is 5.43. The minimum Gasteiger partial charge on any atom is -0.457 e. The molecule has 4 heteroatoms. The number of halogens is 1. The minimum absolute atomic E-state index is 0.391. The molecule has 0 aliphatic heterocycles. The van der Waals surface area contributed by atoms with E-state index in [1.165, 1.54) is 0 Å². The highest BCUT2D eigenvalue weighted by Gasteiger charge is 2.41. The Hall–Kier alpha value is -1.03. The van der Waals surface area contributed by atoms with E-state index in [2.05, 4.69) is 0 Å². The molecule has 1 atom stereocenters. The van der Waals surface area contributed by atoms with Gasteiger partial charge >= 0.3 is 0 Å². The van der Waals surface area contributed by atoms with Crippen molar-refractivity contribution in [3.05, 3.63) is 35.0 Å². The Bertz CT molecular complexity index is 569. The molecular formula is C14H15ClO3. The fraction of sp³-hybridized carbons (Fsp3) is 0.429. The van der Waals surface area contributed by atoms with Crippen LogP contribution in [-0.4, -0.2) is 15.8 Å². The molecule has 0 spiro atoms. The van der Waals surface area contributed by atoms with Crippen LogP contribution >= 0.6 is 11.6 Å². The summed E-state index contributed by atoms with van der Waals surface area (Å²) in [6.07, 6.45) is 2.12. The van der Waals surface area contributed by atoms with Crippen LogP contribution in [0.25, 0.3) is 11.0 Å². The topological polar surface area (TPSA) is 53.6 Å². The number of para-hydroxylation sites is 1. The van der Waals surface area contributed by atoms with Gasteiger partial charge in [0.1, 0.15) is 11.9 Å². The Labute approximate surface area is 110 Å². The van der Waals surface area contributed by atoms with Crippen molar-refractivity contribution in [2.75, 3.05) is 0 Å². The molecule has 2 N–H and O–H groups in total. The van der Waals surface area contributed by atoms with Crippen LogP contribution in [0.1, 0.15) is 37.5 Å². The molecule has 0 radical (unpaired) electrons. The SMILES string of the molecule is OC(c1cc2cccc(Cl)c2o1)C1(O)CCCC1. The van der Waals surface area contributed by atoms with Gasteiger partial charge in [0.15, 0.2) is 5.58 Å². The monoisotopic (exact) mass is 266 g/mol. The van der Waals surface area contributed by atoms with Crippen molar-refractivity contribution in [1.82, 2.24) is 0 Å². The number of hydrogen-bond acceptors (Lipinski definition) is 3. The molecule has 1 fully saturated rings. The third kappa shape index (κ3) is 1.83. The number of benzene rings is 1. The Morgan fingerprint density at radius 1 is 1.28 bits per heavy atom. The summed E-state index contributed by atoms with van der Waals surface area (Å²) in [6.45, 7) is 0. The maximum atomic E-state index is 10.4. The van der Waals surface area contributed by atoms with Crippen LogP contribution in [0.5, 0.6) is 0 Å². The molecule has 96 valence electrons. The summed E-state index contributed by atoms with van der Waals surface area (Å²) in [7, 11) is 0. The van der Waals surface area contributed by atoms with Crippen LogP contribution in [0.2, 0.25) is 5.02 Å². The third-order valence-electron chi connectivity index (χ3n) is 3.76. The zero-order valence-corrected chi connectivity index (χ0v) is 10.7. The highest BCUT2D eigenvalue weighted by molar-refractivity contribution is 6.34. The van der Waals surface area contributed by atoms with E-state index >= 15 is 0 Å². The van der Waals surface area contributed by atoms with Crippen molar-refractivity contribution in [2.24, 2.45) is 0 Å². The summed E-state index contributed by atoms with van der Waals surface area (Å²) >= 11 is 6.03. The predicted octanol–water partition coefficient (Wildman–Crippen LogP) is 3.42. The Balaban J connectivity index is 2.01. The normalized spacial score (nSPS) is 20.4. The fourth-order valence-electron chi connectivity index (χ4n) is 2.71. The zero-order chi connectivity index (χ0) is 12.8. The number of hydrogen-bond donors (Lipinski definition) is 2. The highest BCUT2D eigenvalue weighted by atomic mass is 35.5. The molecular weight excluding hydrogens is 252 g/mol. The van der Waals surface area contributed by atoms with E-state index in [1.54, 1.807) is 12.1 Å². The van der Waals surface area contributed by atoms with Crippen molar-refractivity contribution < 1.29 is 14.6 Å². The molecule has 1 aromatic carbocycles. The van der Waals surface area contributed by atoms with Crippen LogP contribution in [0, 0.1) is 0 Å². The molecule has 18 heavy (non-hydrogen) atoms. The van der Waals surface area contributed by atoms with Gasteiger partial charge in [0.25, 0.3) is 0 Å². The van der Waals surface area contributed by atoms with Crippen molar-refractivity contribution in [2.45, 2.75) is 37.4 Å². The van der Waals surface area contributed by atoms with E-state index in [9.17, 15) is 10.2 Å². The van der Waals surface area contributed by atoms with Gasteiger partial charge in [0.2, 0.25) is 0 Å². The molecule has 3 nitrogen and oxygen atoms in total. The molecule has 1 aliphatic rings. The zero-order valence-electron chi connectivity index (χ0n) is 9.90. The summed E-state index contributed by atoms with van der Waals surface area (Å²) in [4.78, 5) is 0. The fourth-order valence-corrected chi connectivity index (χ4v) is 2.93. The van der Waals surface area contributed by atoms with Crippen molar-refractivity contribution >= 4 is 22.6 Å². The molecule has 1 saturated carbocycles. The number of furan rings is 1. The van der Waals surface area contributed by atoms with Crippen molar-refractivity contribution in [3.8, 4) is 0 Å². The maximum absolute atomic E-state index is 10.4. The lowest BCUT2D eigenvalue weighted by Crippen LogP contribution is -2.32. The van der Waals surface area contributed by atoms with E-state index in [0.717, 1.165) is 18.2 Å². The molecule has 1 aliphatic carbocycles. The first-order valence-electron chi connectivity index (χ1n) is 6.18. The van der Waals surface area contributed by atoms with Crippen LogP contribution < -0.4 is 0 Å². The molecule has 1 aromatic heterocycles. The first-order valence-corrected chi connectivity index (χ1v) is 6.56. The Kier molecular flexibility index (Phi) is 2.85. The van der Waals surface area contributed by atoms with Gasteiger partial charge in [-0.3, -0.25) is 0 Å². The molecule has 1 heterocycles. The molecule has 0 saturated heterocycles. The summed E-state index contributed by atoms with van der Waals surface area (Å²) in [6, 6.07) is 7.20. The lowest BCUT2D eigenvalue weighted by Gasteiger charge is -2.26. The molecule has 2 aromatic rings. The Morgan fingerprint density at radius 2 is 2.00 bits per heavy atom. The Morgan fingerprint density at radius 3 is 2.67 bits per heavy atom. The van der Waals surface area contributed by atoms with Gasteiger partial charge in [-0.05, 0) is 25.0 Å². The van der Waals surface area contributed by atoms with E-state index in [0.29, 0.717) is 29.2 Å². The molecule has 0 amide bonds. The first kappa shape index (κ1) is 12.0. The summed E-state index contributed by atoms with van der Waals surface area (Å²) in [5.41, 5.74) is -0.491. The highest BCUT2D eigenvalue weighted by Crippen LogP contribution is 2.41. The van der Waals surface area contributed by atoms with Crippen LogP contribution in [-0.2, 0) is 0 Å². The lowest BCUT2D eigenvalue weighted by molar-refractivity contribution is -0.0801. The van der Waals surface area contributed by atoms with Gasteiger partial charge in [-0.15, -0.1) is 0 Å². The lowest BCUT2D eigenvalue weighted by atomic mass is 9.93. The largest absolute Gasteiger partial charge is 0.457 e. The third-order valence-corrected chi connectivity index (χ3v) is 4.06. The smallest absolute Gasteiger partial charge is 0.152 e. The minimum atomic E-state index is -1.06. The second kappa shape index (κ2) is 4.26. The van der Waals surface area contributed by atoms with Crippen molar-refractivity contribution in [3.63, 3.8) is 0 Å². The predicted molar refractivity (Wildman–Crippen MR) is 69.6 cm³/mol. The first-order chi connectivity index (χ1) is 8.60. The number of fused-ring (bicyclic) bond motifs is 1. The summed E-state index contributed by atoms with van der Waals surface area (Å²) < 4.78 is 5.60. The van der Waals surface area contributed by atoms with Gasteiger partial charge in [0.05, 0.1) is 10.6 Å². The van der Waals surface area contributed by atoms with E-state index < -0.39 is 11.7 Å². The van der Waals surface area contributed by atoms with Gasteiger partial charge in [-0.2, -0.15) is 0 Å². The number of aliphatic hydroxyl groups is 2. The summed E-state index contributed by atoms with van der Waals surface area (Å²) in [5, 5.41) is 22.0. The quantitative estimate of drug-likeness (QED) is 0.876. The van der Waals surface area contributed by atoms with Crippen molar-refractivity contribution in [1.29, 1.82) is 0 Å². The van der Waals surface area contributed by atoms with Gasteiger partial charge < -0.3 is 14.6 Å². The summed E-state index contributed by atoms with van der Waals surface area (Å²) in [5.74, 6) is 0.391. The number of rotatable bonds is 2. The number of aliphatic hydroxyl groups excluding tert-OH is 1. The van der Waals surface area contributed by atoms with E-state index in [4.69, 9.17) is 16.0 Å².